The van der Waals surface area contributed by atoms with Crippen molar-refractivity contribution in [2.24, 2.45) is 0 Å². The number of carbonyl (C=O) groups is 1. The van der Waals surface area contributed by atoms with Gasteiger partial charge in [-0.1, -0.05) is 0 Å². The third-order valence-corrected chi connectivity index (χ3v) is 3.82. The second kappa shape index (κ2) is 5.36. The largest absolute Gasteiger partial charge is 0.465 e. The van der Waals surface area contributed by atoms with Crippen molar-refractivity contribution in [1.29, 1.82) is 0 Å². The Labute approximate surface area is 112 Å². The monoisotopic (exact) mass is 294 g/mol. The summed E-state index contributed by atoms with van der Waals surface area (Å²) in [6, 6.07) is 0. The number of aromatic nitrogens is 1. The number of esters is 1. The molecule has 0 spiro atoms. The molecule has 106 valence electrons. The quantitative estimate of drug-likeness (QED) is 0.868. The van der Waals surface area contributed by atoms with E-state index in [0.29, 0.717) is 18.5 Å². The highest BCUT2D eigenvalue weighted by Gasteiger charge is 2.34. The van der Waals surface area contributed by atoms with Crippen LogP contribution in [-0.4, -0.2) is 30.3 Å². The number of halogens is 3. The molecule has 1 aromatic rings. The van der Waals surface area contributed by atoms with E-state index >= 15 is 0 Å². The summed E-state index contributed by atoms with van der Waals surface area (Å²) in [7, 11) is 0. The predicted octanol–water partition coefficient (Wildman–Crippen LogP) is 2.71. The van der Waals surface area contributed by atoms with E-state index < -0.39 is 18.6 Å². The van der Waals surface area contributed by atoms with Gasteiger partial charge in [-0.15, -0.1) is 11.3 Å². The van der Waals surface area contributed by atoms with E-state index in [1.165, 1.54) is 11.3 Å². The van der Waals surface area contributed by atoms with Crippen molar-refractivity contribution in [2.75, 3.05) is 18.5 Å². The molecule has 1 N–H and O–H groups in total. The van der Waals surface area contributed by atoms with Gasteiger partial charge in [-0.05, 0) is 19.8 Å². The molecule has 4 nitrogen and oxygen atoms in total. The van der Waals surface area contributed by atoms with Crippen LogP contribution in [0.4, 0.5) is 18.3 Å². The van der Waals surface area contributed by atoms with Crippen LogP contribution in [0.15, 0.2) is 0 Å². The van der Waals surface area contributed by atoms with E-state index in [0.717, 1.165) is 4.88 Å². The average molecular weight is 294 g/mol. The number of fused-ring (bicyclic) bond motifs is 1. The number of aryl methyl sites for hydroxylation is 1. The summed E-state index contributed by atoms with van der Waals surface area (Å²) in [5, 5.41) is 2.44. The number of anilines is 1. The summed E-state index contributed by atoms with van der Waals surface area (Å²) < 4.78 is 41.2. The normalized spacial score (nSPS) is 18.2. The smallest absolute Gasteiger partial charge is 0.405 e. The Kier molecular flexibility index (Phi) is 3.98. The summed E-state index contributed by atoms with van der Waals surface area (Å²) in [6.07, 6.45) is -3.01. The van der Waals surface area contributed by atoms with E-state index in [2.05, 4.69) is 10.3 Å². The maximum absolute atomic E-state index is 12.1. The fourth-order valence-electron chi connectivity index (χ4n) is 1.95. The zero-order valence-electron chi connectivity index (χ0n) is 10.2. The van der Waals surface area contributed by atoms with Crippen molar-refractivity contribution in [3.63, 3.8) is 0 Å². The van der Waals surface area contributed by atoms with E-state index in [1.807, 2.05) is 0 Å². The molecule has 0 aromatic carbocycles. The molecule has 8 heteroatoms. The first-order valence-corrected chi connectivity index (χ1v) is 6.69. The molecule has 1 heterocycles. The summed E-state index contributed by atoms with van der Waals surface area (Å²) in [4.78, 5) is 16.6. The van der Waals surface area contributed by atoms with Crippen LogP contribution in [-0.2, 0) is 16.0 Å². The fraction of sp³-hybridized carbons (Fsp3) is 0.636. The minimum absolute atomic E-state index is 0.205. The van der Waals surface area contributed by atoms with Gasteiger partial charge in [-0.2, -0.15) is 13.2 Å². The minimum Gasteiger partial charge on any atom is -0.465 e. The topological polar surface area (TPSA) is 51.2 Å². The van der Waals surface area contributed by atoms with Crippen molar-refractivity contribution in [2.45, 2.75) is 31.9 Å². The van der Waals surface area contributed by atoms with E-state index in [-0.39, 0.29) is 17.7 Å². The average Bonchev–Trinajstić information content (AvgIpc) is 2.84. The van der Waals surface area contributed by atoms with Gasteiger partial charge < -0.3 is 10.1 Å². The first-order valence-electron chi connectivity index (χ1n) is 5.87. The molecular weight excluding hydrogens is 281 g/mol. The van der Waals surface area contributed by atoms with Crippen LogP contribution in [0.2, 0.25) is 0 Å². The Bertz CT molecular complexity index is 473. The highest BCUT2D eigenvalue weighted by molar-refractivity contribution is 7.15. The van der Waals surface area contributed by atoms with Crippen LogP contribution < -0.4 is 5.32 Å². The first-order chi connectivity index (χ1) is 8.90. The summed E-state index contributed by atoms with van der Waals surface area (Å²) in [5.41, 5.74) is 0.563. The highest BCUT2D eigenvalue weighted by Crippen LogP contribution is 2.39. The third-order valence-electron chi connectivity index (χ3n) is 2.73. The van der Waals surface area contributed by atoms with Crippen LogP contribution in [0, 0.1) is 0 Å². The molecule has 1 aliphatic carbocycles. The lowest BCUT2D eigenvalue weighted by atomic mass is 10.1. The van der Waals surface area contributed by atoms with Crippen molar-refractivity contribution >= 4 is 22.4 Å². The summed E-state index contributed by atoms with van der Waals surface area (Å²) in [6.45, 7) is 0.878. The number of nitrogens with zero attached hydrogens (tertiary/aromatic N) is 1. The standard InChI is InChI=1S/C11H13F3N2O2S/c1-2-18-9(17)6-3-4-7-8(6)16-10(19-7)15-5-11(12,13)14/h6H,2-5H2,1H3,(H,15,16). The first kappa shape index (κ1) is 14.1. The van der Waals surface area contributed by atoms with Crippen molar-refractivity contribution in [3.8, 4) is 0 Å². The van der Waals surface area contributed by atoms with Gasteiger partial charge in [0.25, 0.3) is 0 Å². The fourth-order valence-corrected chi connectivity index (χ4v) is 2.98. The van der Waals surface area contributed by atoms with Crippen LogP contribution in [0.1, 0.15) is 29.8 Å². The lowest BCUT2D eigenvalue weighted by Gasteiger charge is -2.08. The molecule has 19 heavy (non-hydrogen) atoms. The van der Waals surface area contributed by atoms with E-state index in [9.17, 15) is 18.0 Å². The number of alkyl halides is 3. The molecule has 1 aromatic heterocycles. The lowest BCUT2D eigenvalue weighted by Crippen LogP contribution is -2.21. The van der Waals surface area contributed by atoms with Gasteiger partial charge in [0.05, 0.1) is 12.3 Å². The SMILES string of the molecule is CCOC(=O)C1CCc2sc(NCC(F)(F)F)nc21. The molecule has 1 aliphatic rings. The Balaban J connectivity index is 2.05. The molecule has 0 saturated heterocycles. The summed E-state index contributed by atoms with van der Waals surface area (Å²) in [5.74, 6) is -0.790. The van der Waals surface area contributed by atoms with Gasteiger partial charge in [0.1, 0.15) is 12.5 Å². The predicted molar refractivity (Wildman–Crippen MR) is 64.4 cm³/mol. The number of carbonyl (C=O) groups excluding carboxylic acids is 1. The molecule has 0 fully saturated rings. The van der Waals surface area contributed by atoms with E-state index in [1.54, 1.807) is 6.92 Å². The van der Waals surface area contributed by atoms with Crippen molar-refractivity contribution < 1.29 is 22.7 Å². The molecular formula is C11H13F3N2O2S. The zero-order chi connectivity index (χ0) is 14.0. The Morgan fingerprint density at radius 1 is 1.58 bits per heavy atom. The molecule has 1 atom stereocenters. The Morgan fingerprint density at radius 3 is 2.95 bits per heavy atom. The highest BCUT2D eigenvalue weighted by atomic mass is 32.1. The zero-order valence-corrected chi connectivity index (χ0v) is 11.0. The lowest BCUT2D eigenvalue weighted by molar-refractivity contribution is -0.145. The minimum atomic E-state index is -4.28. The number of nitrogens with one attached hydrogen (secondary N) is 1. The number of thiazole rings is 1. The summed E-state index contributed by atoms with van der Waals surface area (Å²) >= 11 is 1.17. The van der Waals surface area contributed by atoms with Crippen LogP contribution in [0.25, 0.3) is 0 Å². The van der Waals surface area contributed by atoms with Crippen molar-refractivity contribution in [1.82, 2.24) is 4.98 Å². The second-order valence-corrected chi connectivity index (χ2v) is 5.22. The third kappa shape index (κ3) is 3.37. The Morgan fingerprint density at radius 2 is 2.32 bits per heavy atom. The maximum Gasteiger partial charge on any atom is 0.405 e. The molecule has 0 bridgehead atoms. The van der Waals surface area contributed by atoms with Crippen LogP contribution >= 0.6 is 11.3 Å². The van der Waals surface area contributed by atoms with Gasteiger partial charge >= 0.3 is 12.1 Å². The van der Waals surface area contributed by atoms with Gasteiger partial charge in [-0.3, -0.25) is 4.79 Å². The van der Waals surface area contributed by atoms with Gasteiger partial charge in [0.2, 0.25) is 0 Å². The number of ether oxygens (including phenoxy) is 1. The molecule has 0 radical (unpaired) electrons. The number of hydrogen-bond donors (Lipinski definition) is 1. The van der Waals surface area contributed by atoms with Gasteiger partial charge in [-0.25, -0.2) is 4.98 Å². The van der Waals surface area contributed by atoms with Crippen molar-refractivity contribution in [3.05, 3.63) is 10.6 Å². The van der Waals surface area contributed by atoms with Gasteiger partial charge in [0, 0.05) is 4.88 Å². The molecule has 0 amide bonds. The Hall–Kier alpha value is -1.31. The van der Waals surface area contributed by atoms with E-state index in [4.69, 9.17) is 4.74 Å². The van der Waals surface area contributed by atoms with Crippen LogP contribution in [0.5, 0.6) is 0 Å². The number of hydrogen-bond acceptors (Lipinski definition) is 5. The number of rotatable bonds is 4. The van der Waals surface area contributed by atoms with Crippen LogP contribution in [0.3, 0.4) is 0 Å². The molecule has 0 saturated carbocycles. The van der Waals surface area contributed by atoms with Gasteiger partial charge in [0.15, 0.2) is 5.13 Å². The molecule has 0 aliphatic heterocycles. The molecule has 2 rings (SSSR count). The second-order valence-electron chi connectivity index (χ2n) is 4.14. The maximum atomic E-state index is 12.1. The molecule has 1 unspecified atom stereocenters.